The standard InChI is InChI=1S/C15H12N4O3/c1-18-8-4-5-12(18)9-11(10-16)15(20)17-13-6-2-3-7-14(13)19(21)22/h2-9H,1H3,(H,17,20)/b11-9+. The Morgan fingerprint density at radius 1 is 1.36 bits per heavy atom. The average Bonchev–Trinajstić information content (AvgIpc) is 2.90. The van der Waals surface area contributed by atoms with Gasteiger partial charge in [-0.3, -0.25) is 14.9 Å². The van der Waals surface area contributed by atoms with E-state index in [2.05, 4.69) is 5.32 Å². The van der Waals surface area contributed by atoms with Gasteiger partial charge in [-0.1, -0.05) is 12.1 Å². The maximum Gasteiger partial charge on any atom is 0.292 e. The highest BCUT2D eigenvalue weighted by atomic mass is 16.6. The van der Waals surface area contributed by atoms with E-state index in [4.69, 9.17) is 5.26 Å². The van der Waals surface area contributed by atoms with Crippen molar-refractivity contribution in [1.82, 2.24) is 4.57 Å². The smallest absolute Gasteiger partial charge is 0.292 e. The fourth-order valence-electron chi connectivity index (χ4n) is 1.85. The lowest BCUT2D eigenvalue weighted by atomic mass is 10.2. The number of para-hydroxylation sites is 2. The summed E-state index contributed by atoms with van der Waals surface area (Å²) in [5.74, 6) is -0.696. The van der Waals surface area contributed by atoms with Crippen molar-refractivity contribution in [2.75, 3.05) is 5.32 Å². The van der Waals surface area contributed by atoms with Crippen molar-refractivity contribution < 1.29 is 9.72 Å². The third-order valence-corrected chi connectivity index (χ3v) is 2.99. The lowest BCUT2D eigenvalue weighted by Crippen LogP contribution is -2.14. The highest BCUT2D eigenvalue weighted by Crippen LogP contribution is 2.23. The Labute approximate surface area is 126 Å². The third kappa shape index (κ3) is 3.19. The second kappa shape index (κ2) is 6.37. The van der Waals surface area contributed by atoms with E-state index in [1.165, 1.54) is 24.3 Å². The van der Waals surface area contributed by atoms with Crippen LogP contribution in [0.2, 0.25) is 0 Å². The van der Waals surface area contributed by atoms with Crippen LogP contribution in [0.5, 0.6) is 0 Å². The molecule has 0 radical (unpaired) electrons. The summed E-state index contributed by atoms with van der Waals surface area (Å²) in [6.45, 7) is 0. The monoisotopic (exact) mass is 296 g/mol. The molecule has 0 bridgehead atoms. The largest absolute Gasteiger partial charge is 0.351 e. The molecule has 1 N–H and O–H groups in total. The number of carbonyl (C=O) groups is 1. The summed E-state index contributed by atoms with van der Waals surface area (Å²) in [7, 11) is 1.78. The minimum atomic E-state index is -0.696. The number of nitrogens with one attached hydrogen (secondary N) is 1. The first-order valence-corrected chi connectivity index (χ1v) is 6.31. The lowest BCUT2D eigenvalue weighted by molar-refractivity contribution is -0.383. The van der Waals surface area contributed by atoms with E-state index in [-0.39, 0.29) is 16.9 Å². The molecular weight excluding hydrogens is 284 g/mol. The molecule has 7 nitrogen and oxygen atoms in total. The quantitative estimate of drug-likeness (QED) is 0.405. The van der Waals surface area contributed by atoms with Crippen molar-refractivity contribution in [2.24, 2.45) is 7.05 Å². The fourth-order valence-corrected chi connectivity index (χ4v) is 1.85. The molecule has 1 heterocycles. The van der Waals surface area contributed by atoms with Crippen LogP contribution in [0, 0.1) is 21.4 Å². The minimum Gasteiger partial charge on any atom is -0.351 e. The van der Waals surface area contributed by atoms with E-state index in [0.29, 0.717) is 5.69 Å². The average molecular weight is 296 g/mol. The number of nitro benzene ring substituents is 1. The number of rotatable bonds is 4. The van der Waals surface area contributed by atoms with Crippen molar-refractivity contribution in [3.8, 4) is 6.07 Å². The molecule has 0 aliphatic carbocycles. The summed E-state index contributed by atoms with van der Waals surface area (Å²) in [6.07, 6.45) is 3.20. The molecule has 0 fully saturated rings. The predicted molar refractivity (Wildman–Crippen MR) is 80.7 cm³/mol. The normalized spacial score (nSPS) is 10.8. The molecule has 2 rings (SSSR count). The summed E-state index contributed by atoms with van der Waals surface area (Å²) >= 11 is 0. The maximum atomic E-state index is 12.1. The molecule has 2 aromatic rings. The van der Waals surface area contributed by atoms with Crippen molar-refractivity contribution in [2.45, 2.75) is 0 Å². The van der Waals surface area contributed by atoms with Gasteiger partial charge in [0.05, 0.1) is 4.92 Å². The minimum absolute atomic E-state index is 0.0468. The molecule has 0 aliphatic rings. The van der Waals surface area contributed by atoms with Gasteiger partial charge in [-0.05, 0) is 24.3 Å². The Hall–Kier alpha value is -3.40. The van der Waals surface area contributed by atoms with Gasteiger partial charge in [0.25, 0.3) is 11.6 Å². The van der Waals surface area contributed by atoms with Gasteiger partial charge in [0.2, 0.25) is 0 Å². The Bertz CT molecular complexity index is 799. The highest BCUT2D eigenvalue weighted by molar-refractivity contribution is 6.10. The summed E-state index contributed by atoms with van der Waals surface area (Å²) < 4.78 is 1.75. The zero-order chi connectivity index (χ0) is 16.1. The van der Waals surface area contributed by atoms with Gasteiger partial charge in [0.1, 0.15) is 17.3 Å². The van der Waals surface area contributed by atoms with Crippen LogP contribution in [0.3, 0.4) is 0 Å². The molecule has 1 amide bonds. The van der Waals surface area contributed by atoms with E-state index in [1.807, 2.05) is 0 Å². The van der Waals surface area contributed by atoms with Crippen LogP contribution in [0.15, 0.2) is 48.2 Å². The van der Waals surface area contributed by atoms with E-state index in [9.17, 15) is 14.9 Å². The number of nitro groups is 1. The number of nitriles is 1. The van der Waals surface area contributed by atoms with Gasteiger partial charge < -0.3 is 9.88 Å². The third-order valence-electron chi connectivity index (χ3n) is 2.99. The number of aromatic nitrogens is 1. The lowest BCUT2D eigenvalue weighted by Gasteiger charge is -2.05. The molecule has 7 heteroatoms. The van der Waals surface area contributed by atoms with Crippen molar-refractivity contribution >= 4 is 23.4 Å². The van der Waals surface area contributed by atoms with Gasteiger partial charge in [0, 0.05) is 25.0 Å². The van der Waals surface area contributed by atoms with Crippen molar-refractivity contribution in [3.63, 3.8) is 0 Å². The van der Waals surface area contributed by atoms with Gasteiger partial charge in [0.15, 0.2) is 0 Å². The Morgan fingerprint density at radius 3 is 2.68 bits per heavy atom. The number of hydrogen-bond donors (Lipinski definition) is 1. The van der Waals surface area contributed by atoms with E-state index in [1.54, 1.807) is 42.1 Å². The van der Waals surface area contributed by atoms with Gasteiger partial charge in [-0.2, -0.15) is 5.26 Å². The Morgan fingerprint density at radius 2 is 2.09 bits per heavy atom. The predicted octanol–water partition coefficient (Wildman–Crippen LogP) is 2.48. The van der Waals surface area contributed by atoms with Gasteiger partial charge in [-0.25, -0.2) is 0 Å². The molecule has 0 unspecified atom stereocenters. The summed E-state index contributed by atoms with van der Waals surface area (Å²) in [5, 5.41) is 22.4. The number of anilines is 1. The molecule has 0 spiro atoms. The second-order valence-electron chi connectivity index (χ2n) is 4.44. The number of hydrogen-bond acceptors (Lipinski definition) is 4. The molecule has 0 aliphatic heterocycles. The topological polar surface area (TPSA) is 101 Å². The van der Waals surface area contributed by atoms with Crippen molar-refractivity contribution in [3.05, 3.63) is 64.0 Å². The zero-order valence-electron chi connectivity index (χ0n) is 11.7. The van der Waals surface area contributed by atoms with Crippen molar-refractivity contribution in [1.29, 1.82) is 5.26 Å². The van der Waals surface area contributed by atoms with E-state index in [0.717, 1.165) is 0 Å². The molecule has 110 valence electrons. The number of aryl methyl sites for hydroxylation is 1. The van der Waals surface area contributed by atoms with Gasteiger partial charge >= 0.3 is 0 Å². The molecule has 1 aromatic carbocycles. The number of benzene rings is 1. The molecule has 22 heavy (non-hydrogen) atoms. The first kappa shape index (κ1) is 15.0. The van der Waals surface area contributed by atoms with E-state index >= 15 is 0 Å². The molecular formula is C15H12N4O3. The number of carbonyl (C=O) groups excluding carboxylic acids is 1. The SMILES string of the molecule is Cn1cccc1/C=C(\C#N)C(=O)Nc1ccccc1[N+](=O)[O-]. The van der Waals surface area contributed by atoms with Crippen LogP contribution in [-0.2, 0) is 11.8 Å². The van der Waals surface area contributed by atoms with E-state index < -0.39 is 10.8 Å². The summed E-state index contributed by atoms with van der Waals surface area (Å²) in [4.78, 5) is 22.4. The Balaban J connectivity index is 2.29. The van der Waals surface area contributed by atoms with Gasteiger partial charge in [-0.15, -0.1) is 0 Å². The van der Waals surface area contributed by atoms with Crippen LogP contribution in [0.4, 0.5) is 11.4 Å². The summed E-state index contributed by atoms with van der Waals surface area (Å²) in [6, 6.07) is 11.1. The van der Waals surface area contributed by atoms with Crippen LogP contribution < -0.4 is 5.32 Å². The van der Waals surface area contributed by atoms with Crippen LogP contribution in [0.1, 0.15) is 5.69 Å². The number of amides is 1. The maximum absolute atomic E-state index is 12.1. The molecule has 0 saturated heterocycles. The van der Waals surface area contributed by atoms with Crippen LogP contribution in [0.25, 0.3) is 6.08 Å². The second-order valence-corrected chi connectivity index (χ2v) is 4.44. The summed E-state index contributed by atoms with van der Waals surface area (Å²) in [5.41, 5.74) is 0.353. The van der Waals surface area contributed by atoms with Crippen LogP contribution >= 0.6 is 0 Å². The highest BCUT2D eigenvalue weighted by Gasteiger charge is 2.17. The first-order chi connectivity index (χ1) is 10.5. The Kier molecular flexibility index (Phi) is 4.34. The molecule has 0 saturated carbocycles. The zero-order valence-corrected chi connectivity index (χ0v) is 11.7. The molecule has 1 aromatic heterocycles. The molecule has 0 atom stereocenters. The number of nitrogens with zero attached hydrogens (tertiary/aromatic N) is 3. The first-order valence-electron chi connectivity index (χ1n) is 6.31. The van der Waals surface area contributed by atoms with Crippen LogP contribution in [-0.4, -0.2) is 15.4 Å². The fraction of sp³-hybridized carbons (Fsp3) is 0.0667.